The van der Waals surface area contributed by atoms with Crippen LogP contribution in [0.3, 0.4) is 0 Å². The Morgan fingerprint density at radius 3 is 2.36 bits per heavy atom. The predicted molar refractivity (Wildman–Crippen MR) is 115 cm³/mol. The number of nitrogens with zero attached hydrogens (tertiary/aromatic N) is 1. The van der Waals surface area contributed by atoms with E-state index in [1.54, 1.807) is 0 Å². The summed E-state index contributed by atoms with van der Waals surface area (Å²) in [5.41, 5.74) is 0.110. The van der Waals surface area contributed by atoms with Crippen LogP contribution in [0.15, 0.2) is 24.3 Å². The molecule has 1 aliphatic carbocycles. The van der Waals surface area contributed by atoms with Crippen molar-refractivity contribution in [2.45, 2.75) is 65.4 Å². The first-order valence-electron chi connectivity index (χ1n) is 10.9. The quantitative estimate of drug-likeness (QED) is 0.556. The molecule has 1 fully saturated rings. The summed E-state index contributed by atoms with van der Waals surface area (Å²) in [4.78, 5) is 15.3. The number of ether oxygens (including phenoxy) is 2. The van der Waals surface area contributed by atoms with E-state index in [4.69, 9.17) is 9.47 Å². The van der Waals surface area contributed by atoms with Crippen LogP contribution in [0.4, 0.5) is 5.69 Å². The lowest BCUT2D eigenvalue weighted by atomic mass is 9.78. The van der Waals surface area contributed by atoms with Crippen molar-refractivity contribution in [3.8, 4) is 5.75 Å². The number of amides is 1. The zero-order chi connectivity index (χ0) is 20.4. The first-order chi connectivity index (χ1) is 13.5. The van der Waals surface area contributed by atoms with E-state index in [0.29, 0.717) is 19.1 Å². The molecule has 5 heteroatoms. The average molecular weight is 391 g/mol. The van der Waals surface area contributed by atoms with Crippen molar-refractivity contribution in [2.75, 3.05) is 38.2 Å². The average Bonchev–Trinajstić information content (AvgIpc) is 2.71. The van der Waals surface area contributed by atoms with Gasteiger partial charge in [-0.05, 0) is 82.3 Å². The molecule has 28 heavy (non-hydrogen) atoms. The lowest BCUT2D eigenvalue weighted by Gasteiger charge is -2.37. The van der Waals surface area contributed by atoms with Crippen molar-refractivity contribution in [3.05, 3.63) is 24.3 Å². The van der Waals surface area contributed by atoms with Crippen LogP contribution in [-0.2, 0) is 9.53 Å². The van der Waals surface area contributed by atoms with E-state index in [1.807, 2.05) is 31.2 Å². The maximum atomic E-state index is 12.9. The summed E-state index contributed by atoms with van der Waals surface area (Å²) in [7, 11) is 0. The minimum Gasteiger partial charge on any atom is -0.494 e. The molecule has 1 amide bonds. The van der Waals surface area contributed by atoms with Gasteiger partial charge < -0.3 is 19.7 Å². The van der Waals surface area contributed by atoms with Crippen LogP contribution in [0.2, 0.25) is 0 Å². The molecule has 0 radical (unpaired) electrons. The van der Waals surface area contributed by atoms with Gasteiger partial charge in [0.2, 0.25) is 0 Å². The minimum absolute atomic E-state index is 0.0193. The number of carbonyl (C=O) groups is 1. The SMILES string of the molecule is CCOC1(C(=O)Nc2ccc(OCCCN(CC)CC)cc2)CCC(C)CC1. The molecular formula is C23H38N2O3. The lowest BCUT2D eigenvalue weighted by Crippen LogP contribution is -2.48. The van der Waals surface area contributed by atoms with Crippen molar-refractivity contribution in [1.82, 2.24) is 4.90 Å². The molecule has 0 atom stereocenters. The van der Waals surface area contributed by atoms with Gasteiger partial charge in [0.1, 0.15) is 11.4 Å². The molecular weight excluding hydrogens is 352 g/mol. The lowest BCUT2D eigenvalue weighted by molar-refractivity contribution is -0.146. The predicted octanol–water partition coefficient (Wildman–Crippen LogP) is 4.72. The molecule has 1 saturated carbocycles. The normalized spacial score (nSPS) is 22.2. The maximum absolute atomic E-state index is 12.9. The standard InChI is InChI=1S/C23H38N2O3/c1-5-25(6-2)17-8-18-27-21-11-9-20(10-12-21)24-22(26)23(28-7-3)15-13-19(4)14-16-23/h9-12,19H,5-8,13-18H2,1-4H3,(H,24,26). The molecule has 1 aliphatic rings. The zero-order valence-corrected chi connectivity index (χ0v) is 18.1. The van der Waals surface area contributed by atoms with Crippen molar-refractivity contribution in [2.24, 2.45) is 5.92 Å². The highest BCUT2D eigenvalue weighted by atomic mass is 16.5. The second-order valence-electron chi connectivity index (χ2n) is 7.82. The fourth-order valence-corrected chi connectivity index (χ4v) is 3.84. The maximum Gasteiger partial charge on any atom is 0.256 e. The fourth-order valence-electron chi connectivity index (χ4n) is 3.84. The Labute approximate surface area is 170 Å². The Hall–Kier alpha value is -1.59. The monoisotopic (exact) mass is 390 g/mol. The van der Waals surface area contributed by atoms with Gasteiger partial charge in [0, 0.05) is 18.8 Å². The molecule has 0 unspecified atom stereocenters. The Morgan fingerprint density at radius 2 is 1.79 bits per heavy atom. The van der Waals surface area contributed by atoms with Crippen LogP contribution in [0.5, 0.6) is 5.75 Å². The molecule has 158 valence electrons. The Kier molecular flexibility index (Phi) is 9.26. The van der Waals surface area contributed by atoms with E-state index < -0.39 is 5.60 Å². The molecule has 0 aliphatic heterocycles. The molecule has 5 nitrogen and oxygen atoms in total. The largest absolute Gasteiger partial charge is 0.494 e. The molecule has 0 spiro atoms. The Balaban J connectivity index is 1.84. The van der Waals surface area contributed by atoms with Gasteiger partial charge in [-0.2, -0.15) is 0 Å². The van der Waals surface area contributed by atoms with Crippen LogP contribution in [0.25, 0.3) is 0 Å². The zero-order valence-electron chi connectivity index (χ0n) is 18.1. The molecule has 1 aromatic rings. The van der Waals surface area contributed by atoms with Crippen LogP contribution < -0.4 is 10.1 Å². The van der Waals surface area contributed by atoms with Gasteiger partial charge in [-0.1, -0.05) is 20.8 Å². The third-order valence-corrected chi connectivity index (χ3v) is 5.81. The van der Waals surface area contributed by atoms with E-state index in [2.05, 4.69) is 31.0 Å². The van der Waals surface area contributed by atoms with Crippen LogP contribution in [-0.4, -0.2) is 49.3 Å². The first-order valence-corrected chi connectivity index (χ1v) is 10.9. The second-order valence-corrected chi connectivity index (χ2v) is 7.82. The number of carbonyl (C=O) groups excluding carboxylic acids is 1. The summed E-state index contributed by atoms with van der Waals surface area (Å²) < 4.78 is 11.8. The van der Waals surface area contributed by atoms with E-state index in [9.17, 15) is 4.79 Å². The summed E-state index contributed by atoms with van der Waals surface area (Å²) in [6.45, 7) is 13.0. The fraction of sp³-hybridized carbons (Fsp3) is 0.696. The van der Waals surface area contributed by atoms with Crippen molar-refractivity contribution < 1.29 is 14.3 Å². The van der Waals surface area contributed by atoms with E-state index in [0.717, 1.165) is 63.2 Å². The number of hydrogen-bond donors (Lipinski definition) is 1. The molecule has 0 aromatic heterocycles. The molecule has 1 N–H and O–H groups in total. The summed E-state index contributed by atoms with van der Waals surface area (Å²) in [5, 5.41) is 3.05. The van der Waals surface area contributed by atoms with Crippen LogP contribution in [0.1, 0.15) is 59.8 Å². The van der Waals surface area contributed by atoms with Gasteiger partial charge in [0.25, 0.3) is 5.91 Å². The van der Waals surface area contributed by atoms with E-state index >= 15 is 0 Å². The van der Waals surface area contributed by atoms with Crippen LogP contribution >= 0.6 is 0 Å². The number of benzene rings is 1. The van der Waals surface area contributed by atoms with E-state index in [-0.39, 0.29) is 5.91 Å². The summed E-state index contributed by atoms with van der Waals surface area (Å²) in [6.07, 6.45) is 4.67. The van der Waals surface area contributed by atoms with E-state index in [1.165, 1.54) is 0 Å². The van der Waals surface area contributed by atoms with Crippen molar-refractivity contribution in [1.29, 1.82) is 0 Å². The van der Waals surface area contributed by atoms with Gasteiger partial charge in [-0.25, -0.2) is 0 Å². The second kappa shape index (κ2) is 11.4. The topological polar surface area (TPSA) is 50.8 Å². The van der Waals surface area contributed by atoms with Gasteiger partial charge in [0.15, 0.2) is 0 Å². The third kappa shape index (κ3) is 6.49. The Bertz CT molecular complexity index is 576. The highest BCUT2D eigenvalue weighted by molar-refractivity contribution is 5.97. The number of rotatable bonds is 11. The third-order valence-electron chi connectivity index (χ3n) is 5.81. The highest BCUT2D eigenvalue weighted by Crippen LogP contribution is 2.36. The summed E-state index contributed by atoms with van der Waals surface area (Å²) in [6, 6.07) is 7.65. The number of anilines is 1. The summed E-state index contributed by atoms with van der Waals surface area (Å²) in [5.74, 6) is 1.48. The van der Waals surface area contributed by atoms with Gasteiger partial charge in [-0.15, -0.1) is 0 Å². The Morgan fingerprint density at radius 1 is 1.14 bits per heavy atom. The van der Waals surface area contributed by atoms with Crippen molar-refractivity contribution >= 4 is 11.6 Å². The molecule has 0 saturated heterocycles. The number of hydrogen-bond acceptors (Lipinski definition) is 4. The van der Waals surface area contributed by atoms with Crippen LogP contribution in [0, 0.1) is 5.92 Å². The van der Waals surface area contributed by atoms with Gasteiger partial charge in [0.05, 0.1) is 6.61 Å². The van der Waals surface area contributed by atoms with Gasteiger partial charge >= 0.3 is 0 Å². The molecule has 0 heterocycles. The minimum atomic E-state index is -0.680. The highest BCUT2D eigenvalue weighted by Gasteiger charge is 2.41. The summed E-state index contributed by atoms with van der Waals surface area (Å²) >= 11 is 0. The van der Waals surface area contributed by atoms with Gasteiger partial charge in [-0.3, -0.25) is 4.79 Å². The molecule has 1 aromatic carbocycles. The smallest absolute Gasteiger partial charge is 0.256 e. The first kappa shape index (κ1) is 22.7. The molecule has 0 bridgehead atoms. The molecule has 2 rings (SSSR count). The van der Waals surface area contributed by atoms with Crippen molar-refractivity contribution in [3.63, 3.8) is 0 Å². The number of nitrogens with one attached hydrogen (secondary N) is 1.